The number of fused-ring (bicyclic) bond motifs is 1. The second-order valence-corrected chi connectivity index (χ2v) is 8.34. The number of carbonyl (C=O) groups is 2. The summed E-state index contributed by atoms with van der Waals surface area (Å²) in [4.78, 5) is 26.9. The van der Waals surface area contributed by atoms with Gasteiger partial charge >= 0.3 is 11.8 Å². The Balaban J connectivity index is 1.31. The van der Waals surface area contributed by atoms with Crippen molar-refractivity contribution in [3.05, 3.63) is 71.2 Å². The molecule has 1 unspecified atom stereocenters. The van der Waals surface area contributed by atoms with Crippen molar-refractivity contribution >= 4 is 11.8 Å². The van der Waals surface area contributed by atoms with Crippen molar-refractivity contribution in [2.45, 2.75) is 51.1 Å². The van der Waals surface area contributed by atoms with Gasteiger partial charge in [0.2, 0.25) is 0 Å². The summed E-state index contributed by atoms with van der Waals surface area (Å²) in [7, 11) is 0. The first-order valence-corrected chi connectivity index (χ1v) is 11.3. The molecule has 164 valence electrons. The quantitative estimate of drug-likeness (QED) is 0.530. The molecule has 1 aromatic heterocycles. The summed E-state index contributed by atoms with van der Waals surface area (Å²) in [5.74, 6) is -0.366. The lowest BCUT2D eigenvalue weighted by Crippen LogP contribution is -2.45. The van der Waals surface area contributed by atoms with Crippen LogP contribution in [0.15, 0.2) is 58.7 Å². The van der Waals surface area contributed by atoms with Crippen LogP contribution >= 0.6 is 0 Å². The lowest BCUT2D eigenvalue weighted by atomic mass is 9.97. The summed E-state index contributed by atoms with van der Waals surface area (Å²) in [6.07, 6.45) is 10.4. The summed E-state index contributed by atoms with van der Waals surface area (Å²) in [5, 5.41) is 5.57. The van der Waals surface area contributed by atoms with Gasteiger partial charge in [-0.05, 0) is 61.8 Å². The molecular formula is C25H31N3O3. The minimum atomic E-state index is -0.591. The molecular weight excluding hydrogens is 390 g/mol. The first-order chi connectivity index (χ1) is 15.2. The molecule has 0 spiro atoms. The maximum atomic E-state index is 12.4. The maximum absolute atomic E-state index is 12.4. The highest BCUT2D eigenvalue weighted by Crippen LogP contribution is 2.28. The number of rotatable bonds is 7. The largest absolute Gasteiger partial charge is 0.468 e. The Kier molecular flexibility index (Phi) is 7.20. The van der Waals surface area contributed by atoms with Gasteiger partial charge in [-0.1, -0.05) is 35.9 Å². The summed E-state index contributed by atoms with van der Waals surface area (Å²) in [5.41, 5.74) is 4.05. The number of furan rings is 1. The van der Waals surface area contributed by atoms with E-state index in [9.17, 15) is 9.59 Å². The number of nitrogens with zero attached hydrogens (tertiary/aromatic N) is 1. The number of benzene rings is 1. The Morgan fingerprint density at radius 1 is 1.00 bits per heavy atom. The predicted octanol–water partition coefficient (Wildman–Crippen LogP) is 3.50. The van der Waals surface area contributed by atoms with E-state index in [1.54, 1.807) is 6.26 Å². The van der Waals surface area contributed by atoms with Crippen LogP contribution in [0.2, 0.25) is 0 Å². The summed E-state index contributed by atoms with van der Waals surface area (Å²) in [6.45, 7) is 2.49. The molecule has 2 aromatic rings. The van der Waals surface area contributed by atoms with Crippen molar-refractivity contribution in [3.8, 4) is 0 Å². The van der Waals surface area contributed by atoms with E-state index < -0.39 is 11.8 Å². The zero-order chi connectivity index (χ0) is 21.5. The van der Waals surface area contributed by atoms with Crippen molar-refractivity contribution in [3.63, 3.8) is 0 Å². The maximum Gasteiger partial charge on any atom is 0.309 e. The van der Waals surface area contributed by atoms with E-state index in [1.807, 2.05) is 12.1 Å². The Bertz CT molecular complexity index is 920. The van der Waals surface area contributed by atoms with Gasteiger partial charge in [0.1, 0.15) is 5.76 Å². The van der Waals surface area contributed by atoms with Crippen molar-refractivity contribution in [2.24, 2.45) is 0 Å². The zero-order valence-corrected chi connectivity index (χ0v) is 17.9. The van der Waals surface area contributed by atoms with Crippen LogP contribution < -0.4 is 10.6 Å². The lowest BCUT2D eigenvalue weighted by Gasteiger charge is -2.34. The van der Waals surface area contributed by atoms with Gasteiger partial charge < -0.3 is 15.1 Å². The molecule has 2 heterocycles. The molecule has 1 aliphatic heterocycles. The number of amides is 2. The van der Waals surface area contributed by atoms with E-state index in [2.05, 4.69) is 45.9 Å². The van der Waals surface area contributed by atoms with Crippen LogP contribution in [0.3, 0.4) is 0 Å². The molecule has 2 aliphatic rings. The molecule has 0 saturated heterocycles. The molecule has 31 heavy (non-hydrogen) atoms. The predicted molar refractivity (Wildman–Crippen MR) is 119 cm³/mol. The van der Waals surface area contributed by atoms with Crippen molar-refractivity contribution < 1.29 is 14.0 Å². The van der Waals surface area contributed by atoms with E-state index in [-0.39, 0.29) is 6.04 Å². The topological polar surface area (TPSA) is 74.6 Å². The number of hydrogen-bond acceptors (Lipinski definition) is 4. The Hall–Kier alpha value is -2.86. The van der Waals surface area contributed by atoms with Gasteiger partial charge in [0.05, 0.1) is 12.3 Å². The molecule has 2 amide bonds. The standard InChI is InChI=1S/C25H31N3O3/c29-24(26-14-12-19-7-2-1-3-8-19)25(30)27-17-22(23-11-6-16-31-23)28-15-13-20-9-4-5-10-21(20)18-28/h4-7,9-11,16,22H,1-3,8,12-15,17-18H2,(H,26,29)(H,27,30). The zero-order valence-electron chi connectivity index (χ0n) is 17.9. The van der Waals surface area contributed by atoms with Gasteiger partial charge in [0.25, 0.3) is 0 Å². The molecule has 0 radical (unpaired) electrons. The molecule has 2 N–H and O–H groups in total. The highest BCUT2D eigenvalue weighted by molar-refractivity contribution is 6.35. The fourth-order valence-corrected chi connectivity index (χ4v) is 4.49. The highest BCUT2D eigenvalue weighted by Gasteiger charge is 2.27. The molecule has 1 aliphatic carbocycles. The Labute approximate surface area is 183 Å². The van der Waals surface area contributed by atoms with Crippen LogP contribution in [0.4, 0.5) is 0 Å². The van der Waals surface area contributed by atoms with Crippen molar-refractivity contribution in [1.29, 1.82) is 0 Å². The van der Waals surface area contributed by atoms with Gasteiger partial charge in [0.15, 0.2) is 0 Å². The molecule has 4 rings (SSSR count). The van der Waals surface area contributed by atoms with Gasteiger partial charge in [-0.15, -0.1) is 0 Å². The van der Waals surface area contributed by atoms with Crippen LogP contribution in [-0.2, 0) is 22.6 Å². The minimum absolute atomic E-state index is 0.118. The van der Waals surface area contributed by atoms with Gasteiger partial charge in [0, 0.05) is 26.2 Å². The van der Waals surface area contributed by atoms with E-state index in [0.29, 0.717) is 13.1 Å². The number of hydrogen-bond donors (Lipinski definition) is 2. The third kappa shape index (κ3) is 5.64. The third-order valence-corrected chi connectivity index (χ3v) is 6.25. The van der Waals surface area contributed by atoms with Gasteiger partial charge in [-0.25, -0.2) is 0 Å². The van der Waals surface area contributed by atoms with Crippen LogP contribution in [0.25, 0.3) is 0 Å². The van der Waals surface area contributed by atoms with Crippen molar-refractivity contribution in [1.82, 2.24) is 15.5 Å². The second kappa shape index (κ2) is 10.4. The minimum Gasteiger partial charge on any atom is -0.468 e. The molecule has 1 atom stereocenters. The molecule has 6 heteroatoms. The summed E-state index contributed by atoms with van der Waals surface area (Å²) in [6, 6.07) is 12.1. The van der Waals surface area contributed by atoms with E-state index in [0.717, 1.165) is 44.5 Å². The average molecular weight is 422 g/mol. The molecule has 6 nitrogen and oxygen atoms in total. The number of allylic oxidation sites excluding steroid dienone is 1. The molecule has 0 saturated carbocycles. The highest BCUT2D eigenvalue weighted by atomic mass is 16.3. The normalized spacial score (nSPS) is 17.4. The third-order valence-electron chi connectivity index (χ3n) is 6.25. The monoisotopic (exact) mass is 421 g/mol. The molecule has 0 fully saturated rings. The van der Waals surface area contributed by atoms with E-state index in [1.165, 1.54) is 29.5 Å². The Morgan fingerprint density at radius 3 is 2.61 bits per heavy atom. The number of nitrogens with one attached hydrogen (secondary N) is 2. The SMILES string of the molecule is O=C(NCCC1=CCCCC1)C(=O)NCC(c1ccco1)N1CCc2ccccc2C1. The average Bonchev–Trinajstić information content (AvgIpc) is 3.34. The van der Waals surface area contributed by atoms with Gasteiger partial charge in [-0.3, -0.25) is 14.5 Å². The fraction of sp³-hybridized carbons (Fsp3) is 0.440. The van der Waals surface area contributed by atoms with E-state index >= 15 is 0 Å². The fourth-order valence-electron chi connectivity index (χ4n) is 4.49. The first-order valence-electron chi connectivity index (χ1n) is 11.3. The lowest BCUT2D eigenvalue weighted by molar-refractivity contribution is -0.139. The second-order valence-electron chi connectivity index (χ2n) is 8.34. The van der Waals surface area contributed by atoms with Crippen LogP contribution in [0.1, 0.15) is 55.0 Å². The van der Waals surface area contributed by atoms with E-state index in [4.69, 9.17) is 4.42 Å². The molecule has 1 aromatic carbocycles. The van der Waals surface area contributed by atoms with Crippen LogP contribution in [0.5, 0.6) is 0 Å². The number of carbonyl (C=O) groups excluding carboxylic acids is 2. The Morgan fingerprint density at radius 2 is 1.84 bits per heavy atom. The smallest absolute Gasteiger partial charge is 0.309 e. The molecule has 0 bridgehead atoms. The van der Waals surface area contributed by atoms with Gasteiger partial charge in [-0.2, -0.15) is 0 Å². The van der Waals surface area contributed by atoms with Crippen LogP contribution in [-0.4, -0.2) is 36.3 Å². The summed E-state index contributed by atoms with van der Waals surface area (Å²) >= 11 is 0. The van der Waals surface area contributed by atoms with Crippen molar-refractivity contribution in [2.75, 3.05) is 19.6 Å². The summed E-state index contributed by atoms with van der Waals surface area (Å²) < 4.78 is 5.66. The van der Waals surface area contributed by atoms with Crippen LogP contribution in [0, 0.1) is 0 Å². The first kappa shape index (κ1) is 21.4.